The van der Waals surface area contributed by atoms with E-state index in [0.717, 1.165) is 32.6 Å². The molecule has 4 heteroatoms. The molecule has 3 nitrogen and oxygen atoms in total. The second-order valence-electron chi connectivity index (χ2n) is 3.59. The minimum absolute atomic E-state index is 0.178. The van der Waals surface area contributed by atoms with Crippen LogP contribution in [-0.4, -0.2) is 19.8 Å². The van der Waals surface area contributed by atoms with Gasteiger partial charge in [0.1, 0.15) is 5.82 Å². The van der Waals surface area contributed by atoms with Gasteiger partial charge in [0, 0.05) is 19.8 Å². The SMILES string of the molecule is CCCOCCCNc1cccc(F)c1N. The van der Waals surface area contributed by atoms with Crippen molar-refractivity contribution in [1.82, 2.24) is 0 Å². The van der Waals surface area contributed by atoms with E-state index in [4.69, 9.17) is 10.5 Å². The predicted molar refractivity (Wildman–Crippen MR) is 65.0 cm³/mol. The average molecular weight is 226 g/mol. The number of rotatable bonds is 7. The van der Waals surface area contributed by atoms with Gasteiger partial charge in [0.2, 0.25) is 0 Å². The minimum atomic E-state index is -0.382. The summed E-state index contributed by atoms with van der Waals surface area (Å²) in [6.07, 6.45) is 1.92. The molecule has 3 N–H and O–H groups in total. The number of nitrogens with two attached hydrogens (primary N) is 1. The molecule has 0 aromatic heterocycles. The van der Waals surface area contributed by atoms with Gasteiger partial charge in [-0.15, -0.1) is 0 Å². The van der Waals surface area contributed by atoms with Crippen LogP contribution >= 0.6 is 0 Å². The summed E-state index contributed by atoms with van der Waals surface area (Å²) in [5.41, 5.74) is 6.40. The molecule has 90 valence electrons. The van der Waals surface area contributed by atoms with Crippen molar-refractivity contribution in [2.45, 2.75) is 19.8 Å². The summed E-state index contributed by atoms with van der Waals surface area (Å²) >= 11 is 0. The third kappa shape index (κ3) is 4.06. The lowest BCUT2D eigenvalue weighted by molar-refractivity contribution is 0.134. The summed E-state index contributed by atoms with van der Waals surface area (Å²) < 4.78 is 18.4. The monoisotopic (exact) mass is 226 g/mol. The zero-order valence-electron chi connectivity index (χ0n) is 9.63. The molecule has 0 saturated carbocycles. The van der Waals surface area contributed by atoms with Crippen LogP contribution in [0.4, 0.5) is 15.8 Å². The van der Waals surface area contributed by atoms with Gasteiger partial charge < -0.3 is 15.8 Å². The van der Waals surface area contributed by atoms with Crippen molar-refractivity contribution in [3.05, 3.63) is 24.0 Å². The van der Waals surface area contributed by atoms with E-state index in [1.807, 2.05) is 0 Å². The van der Waals surface area contributed by atoms with Crippen LogP contribution in [0.2, 0.25) is 0 Å². The van der Waals surface area contributed by atoms with Crippen molar-refractivity contribution >= 4 is 11.4 Å². The first-order chi connectivity index (χ1) is 7.75. The number of hydrogen-bond donors (Lipinski definition) is 2. The van der Waals surface area contributed by atoms with Crippen LogP contribution in [-0.2, 0) is 4.74 Å². The smallest absolute Gasteiger partial charge is 0.148 e. The third-order valence-electron chi connectivity index (χ3n) is 2.18. The molecule has 0 atom stereocenters. The minimum Gasteiger partial charge on any atom is -0.395 e. The second-order valence-corrected chi connectivity index (χ2v) is 3.59. The highest BCUT2D eigenvalue weighted by molar-refractivity contribution is 5.66. The molecule has 1 aromatic carbocycles. The van der Waals surface area contributed by atoms with Gasteiger partial charge in [-0.3, -0.25) is 0 Å². The molecule has 0 radical (unpaired) electrons. The van der Waals surface area contributed by atoms with Gasteiger partial charge in [-0.25, -0.2) is 4.39 Å². The number of benzene rings is 1. The summed E-state index contributed by atoms with van der Waals surface area (Å²) in [6.45, 7) is 4.32. The molecular formula is C12H19FN2O. The van der Waals surface area contributed by atoms with Gasteiger partial charge in [-0.2, -0.15) is 0 Å². The largest absolute Gasteiger partial charge is 0.395 e. The Labute approximate surface area is 95.8 Å². The Balaban J connectivity index is 2.24. The molecule has 0 aliphatic carbocycles. The Morgan fingerprint density at radius 1 is 1.38 bits per heavy atom. The molecular weight excluding hydrogens is 207 g/mol. The van der Waals surface area contributed by atoms with E-state index in [1.54, 1.807) is 12.1 Å². The molecule has 0 aliphatic rings. The fraction of sp³-hybridized carbons (Fsp3) is 0.500. The molecule has 1 aromatic rings. The van der Waals surface area contributed by atoms with Crippen LogP contribution in [0.3, 0.4) is 0 Å². The van der Waals surface area contributed by atoms with Gasteiger partial charge in [-0.05, 0) is 25.0 Å². The van der Waals surface area contributed by atoms with Crippen molar-refractivity contribution in [1.29, 1.82) is 0 Å². The number of para-hydroxylation sites is 1. The van der Waals surface area contributed by atoms with Crippen LogP contribution in [0.1, 0.15) is 19.8 Å². The molecule has 0 fully saturated rings. The maximum atomic E-state index is 13.1. The van der Waals surface area contributed by atoms with Crippen molar-refractivity contribution in [3.8, 4) is 0 Å². The van der Waals surface area contributed by atoms with Gasteiger partial charge in [0.05, 0.1) is 11.4 Å². The normalized spacial score (nSPS) is 10.4. The molecule has 0 saturated heterocycles. The summed E-state index contributed by atoms with van der Waals surface area (Å²) in [4.78, 5) is 0. The van der Waals surface area contributed by atoms with Crippen LogP contribution < -0.4 is 11.1 Å². The maximum Gasteiger partial charge on any atom is 0.148 e. The highest BCUT2D eigenvalue weighted by Crippen LogP contribution is 2.20. The number of ether oxygens (including phenoxy) is 1. The molecule has 16 heavy (non-hydrogen) atoms. The standard InChI is InChI=1S/C12H19FN2O/c1-2-8-16-9-4-7-15-11-6-3-5-10(13)12(11)14/h3,5-6,15H,2,4,7-9,14H2,1H3. The van der Waals surface area contributed by atoms with E-state index in [9.17, 15) is 4.39 Å². The lowest BCUT2D eigenvalue weighted by Gasteiger charge is -2.09. The van der Waals surface area contributed by atoms with E-state index in [2.05, 4.69) is 12.2 Å². The predicted octanol–water partition coefficient (Wildman–Crippen LogP) is 2.64. The van der Waals surface area contributed by atoms with Crippen LogP contribution in [0.15, 0.2) is 18.2 Å². The van der Waals surface area contributed by atoms with Gasteiger partial charge in [0.25, 0.3) is 0 Å². The summed E-state index contributed by atoms with van der Waals surface area (Å²) in [5, 5.41) is 3.09. The van der Waals surface area contributed by atoms with Gasteiger partial charge >= 0.3 is 0 Å². The fourth-order valence-electron chi connectivity index (χ4n) is 1.33. The zero-order chi connectivity index (χ0) is 11.8. The van der Waals surface area contributed by atoms with Crippen LogP contribution in [0, 0.1) is 5.82 Å². The van der Waals surface area contributed by atoms with E-state index in [-0.39, 0.29) is 11.5 Å². The van der Waals surface area contributed by atoms with E-state index in [1.165, 1.54) is 6.07 Å². The first kappa shape index (κ1) is 12.8. The van der Waals surface area contributed by atoms with Crippen molar-refractivity contribution in [2.24, 2.45) is 0 Å². The average Bonchev–Trinajstić information content (AvgIpc) is 2.29. The zero-order valence-corrected chi connectivity index (χ0v) is 9.63. The molecule has 0 bridgehead atoms. The number of anilines is 2. The highest BCUT2D eigenvalue weighted by atomic mass is 19.1. The lowest BCUT2D eigenvalue weighted by Crippen LogP contribution is -2.08. The van der Waals surface area contributed by atoms with Gasteiger partial charge in [-0.1, -0.05) is 13.0 Å². The van der Waals surface area contributed by atoms with Gasteiger partial charge in [0.15, 0.2) is 0 Å². The van der Waals surface area contributed by atoms with Crippen molar-refractivity contribution in [2.75, 3.05) is 30.8 Å². The Kier molecular flexibility index (Phi) is 5.64. The van der Waals surface area contributed by atoms with Crippen molar-refractivity contribution in [3.63, 3.8) is 0 Å². The summed E-state index contributed by atoms with van der Waals surface area (Å²) in [7, 11) is 0. The molecule has 0 heterocycles. The van der Waals surface area contributed by atoms with Crippen LogP contribution in [0.25, 0.3) is 0 Å². The Morgan fingerprint density at radius 2 is 2.19 bits per heavy atom. The first-order valence-electron chi connectivity index (χ1n) is 5.61. The molecule has 0 spiro atoms. The van der Waals surface area contributed by atoms with Crippen LogP contribution in [0.5, 0.6) is 0 Å². The number of nitrogen functional groups attached to an aromatic ring is 1. The Morgan fingerprint density at radius 3 is 2.94 bits per heavy atom. The summed E-state index contributed by atoms with van der Waals surface area (Å²) in [6, 6.07) is 4.76. The molecule has 0 aliphatic heterocycles. The molecule has 1 rings (SSSR count). The van der Waals surface area contributed by atoms with E-state index >= 15 is 0 Å². The second kappa shape index (κ2) is 7.06. The molecule has 0 unspecified atom stereocenters. The Hall–Kier alpha value is -1.29. The van der Waals surface area contributed by atoms with Crippen molar-refractivity contribution < 1.29 is 9.13 Å². The summed E-state index contributed by atoms with van der Waals surface area (Å²) in [5.74, 6) is -0.382. The molecule has 0 amide bonds. The quantitative estimate of drug-likeness (QED) is 0.555. The van der Waals surface area contributed by atoms with E-state index in [0.29, 0.717) is 5.69 Å². The van der Waals surface area contributed by atoms with E-state index < -0.39 is 0 Å². The topological polar surface area (TPSA) is 47.3 Å². The first-order valence-corrected chi connectivity index (χ1v) is 5.61. The third-order valence-corrected chi connectivity index (χ3v) is 2.18. The number of nitrogens with one attached hydrogen (secondary N) is 1. The fourth-order valence-corrected chi connectivity index (χ4v) is 1.33. The number of halogens is 1. The Bertz CT molecular complexity index is 318. The lowest BCUT2D eigenvalue weighted by atomic mass is 10.2. The highest BCUT2D eigenvalue weighted by Gasteiger charge is 2.02. The maximum absolute atomic E-state index is 13.1. The number of hydrogen-bond acceptors (Lipinski definition) is 3.